The van der Waals surface area contributed by atoms with E-state index in [4.69, 9.17) is 0 Å². The lowest BCUT2D eigenvalue weighted by molar-refractivity contribution is -0.671. The minimum absolute atomic E-state index is 1.03. The number of hydrogen-bond acceptors (Lipinski definition) is 1. The first kappa shape index (κ1) is 11.6. The van der Waals surface area contributed by atoms with E-state index in [9.17, 15) is 0 Å². The number of pyridine rings is 2. The third-order valence-corrected chi connectivity index (χ3v) is 3.10. The van der Waals surface area contributed by atoms with Crippen LogP contribution in [0.1, 0.15) is 11.1 Å². The van der Waals surface area contributed by atoms with Gasteiger partial charge in [0.2, 0.25) is 0 Å². The Hall–Kier alpha value is -2.48. The maximum atomic E-state index is 4.32. The lowest BCUT2D eigenvalue weighted by Crippen LogP contribution is -2.25. The van der Waals surface area contributed by atoms with Crippen molar-refractivity contribution in [2.75, 3.05) is 0 Å². The Kier molecular flexibility index (Phi) is 3.07. The van der Waals surface area contributed by atoms with Crippen LogP contribution in [0.5, 0.6) is 0 Å². The Labute approximate surface area is 112 Å². The molecule has 0 aliphatic carbocycles. The fraction of sp³-hybridized carbons (Fsp3) is 0.0588. The van der Waals surface area contributed by atoms with Crippen LogP contribution in [0.3, 0.4) is 0 Å². The fourth-order valence-electron chi connectivity index (χ4n) is 2.01. The van der Waals surface area contributed by atoms with E-state index in [1.165, 1.54) is 16.5 Å². The molecule has 0 amide bonds. The third-order valence-electron chi connectivity index (χ3n) is 3.10. The summed E-state index contributed by atoms with van der Waals surface area (Å²) in [5.74, 6) is 0. The van der Waals surface area contributed by atoms with E-state index >= 15 is 0 Å². The molecule has 0 N–H and O–H groups in total. The molecule has 0 unspecified atom stereocenters. The molecule has 0 aliphatic heterocycles. The number of rotatable bonds is 2. The van der Waals surface area contributed by atoms with E-state index in [0.717, 1.165) is 5.52 Å². The van der Waals surface area contributed by atoms with E-state index in [0.29, 0.717) is 0 Å². The highest BCUT2D eigenvalue weighted by Crippen LogP contribution is 2.15. The van der Waals surface area contributed by atoms with E-state index in [-0.39, 0.29) is 0 Å². The van der Waals surface area contributed by atoms with Gasteiger partial charge in [0, 0.05) is 23.7 Å². The maximum absolute atomic E-state index is 4.32. The average Bonchev–Trinajstić information content (AvgIpc) is 2.46. The lowest BCUT2D eigenvalue weighted by Gasteiger charge is -1.98. The Morgan fingerprint density at radius 3 is 2.58 bits per heavy atom. The zero-order valence-corrected chi connectivity index (χ0v) is 10.8. The lowest BCUT2D eigenvalue weighted by atomic mass is 10.1. The molecular weight excluding hydrogens is 232 g/mol. The molecule has 0 atom stereocenters. The van der Waals surface area contributed by atoms with E-state index in [2.05, 4.69) is 53.5 Å². The van der Waals surface area contributed by atoms with Gasteiger partial charge in [-0.25, -0.2) is 4.57 Å². The topological polar surface area (TPSA) is 16.8 Å². The molecule has 0 radical (unpaired) electrons. The molecular formula is C17H15N2+. The smallest absolute Gasteiger partial charge is 0.169 e. The number of fused-ring (bicyclic) bond motifs is 1. The van der Waals surface area contributed by atoms with E-state index in [1.54, 1.807) is 0 Å². The summed E-state index contributed by atoms with van der Waals surface area (Å²) in [4.78, 5) is 4.32. The highest BCUT2D eigenvalue weighted by molar-refractivity contribution is 5.82. The van der Waals surface area contributed by atoms with Gasteiger partial charge < -0.3 is 0 Å². The van der Waals surface area contributed by atoms with Gasteiger partial charge in [0.1, 0.15) is 7.05 Å². The van der Waals surface area contributed by atoms with Crippen molar-refractivity contribution in [3.05, 3.63) is 72.2 Å². The standard InChI is InChI=1S/C17H15N2/c1-19-11-8-14(9-12-19)4-5-15-6-7-17-16(13-15)3-2-10-18-17/h2-13H,1H3/q+1. The Balaban J connectivity index is 1.90. The van der Waals surface area contributed by atoms with Crippen molar-refractivity contribution in [1.82, 2.24) is 4.98 Å². The summed E-state index contributed by atoms with van der Waals surface area (Å²) in [6, 6.07) is 14.5. The molecule has 0 aliphatic rings. The molecule has 0 spiro atoms. The molecule has 0 saturated carbocycles. The van der Waals surface area contributed by atoms with Gasteiger partial charge in [-0.3, -0.25) is 4.98 Å². The molecule has 2 nitrogen and oxygen atoms in total. The van der Waals surface area contributed by atoms with Crippen LogP contribution in [0.2, 0.25) is 0 Å². The normalized spacial score (nSPS) is 11.2. The third kappa shape index (κ3) is 2.68. The Morgan fingerprint density at radius 2 is 1.74 bits per heavy atom. The SMILES string of the molecule is C[n+]1ccc(/C=C/c2ccc3ncccc3c2)cc1. The van der Waals surface area contributed by atoms with Crippen molar-refractivity contribution in [2.45, 2.75) is 0 Å². The molecule has 2 heterocycles. The van der Waals surface area contributed by atoms with Gasteiger partial charge >= 0.3 is 0 Å². The molecule has 1 aromatic carbocycles. The molecule has 2 heteroatoms. The highest BCUT2D eigenvalue weighted by atomic mass is 14.9. The zero-order chi connectivity index (χ0) is 13.1. The van der Waals surface area contributed by atoms with Crippen molar-refractivity contribution < 1.29 is 4.57 Å². The summed E-state index contributed by atoms with van der Waals surface area (Å²) in [5.41, 5.74) is 3.42. The van der Waals surface area contributed by atoms with Gasteiger partial charge in [0.15, 0.2) is 12.4 Å². The molecule has 0 bridgehead atoms. The first-order valence-corrected chi connectivity index (χ1v) is 6.29. The summed E-state index contributed by atoms with van der Waals surface area (Å²) in [5, 5.41) is 1.17. The Bertz CT molecular complexity index is 728. The van der Waals surface area contributed by atoms with Crippen molar-refractivity contribution in [3.63, 3.8) is 0 Å². The first-order valence-electron chi connectivity index (χ1n) is 6.29. The highest BCUT2D eigenvalue weighted by Gasteiger charge is 1.95. The number of nitrogens with zero attached hydrogens (tertiary/aromatic N) is 2. The van der Waals surface area contributed by atoms with Gasteiger partial charge in [0.25, 0.3) is 0 Å². The quantitative estimate of drug-likeness (QED) is 0.635. The van der Waals surface area contributed by atoms with Crippen molar-refractivity contribution in [1.29, 1.82) is 0 Å². The fourth-order valence-corrected chi connectivity index (χ4v) is 2.01. The van der Waals surface area contributed by atoms with Crippen LogP contribution in [0.15, 0.2) is 61.1 Å². The van der Waals surface area contributed by atoms with Gasteiger partial charge in [0.05, 0.1) is 5.52 Å². The van der Waals surface area contributed by atoms with Crippen LogP contribution in [0, 0.1) is 0 Å². The predicted molar refractivity (Wildman–Crippen MR) is 78.3 cm³/mol. The summed E-state index contributed by atoms with van der Waals surface area (Å²) >= 11 is 0. The average molecular weight is 247 g/mol. The van der Waals surface area contributed by atoms with Gasteiger partial charge in [-0.1, -0.05) is 24.3 Å². The summed E-state index contributed by atoms with van der Waals surface area (Å²) in [7, 11) is 2.02. The second kappa shape index (κ2) is 5.02. The van der Waals surface area contributed by atoms with Gasteiger partial charge in [-0.2, -0.15) is 0 Å². The number of benzene rings is 1. The number of hydrogen-bond donors (Lipinski definition) is 0. The van der Waals surface area contributed by atoms with Crippen LogP contribution in [0.4, 0.5) is 0 Å². The second-order valence-electron chi connectivity index (χ2n) is 4.59. The molecule has 0 fully saturated rings. The largest absolute Gasteiger partial charge is 0.256 e. The molecule has 92 valence electrons. The van der Waals surface area contributed by atoms with E-state index in [1.807, 2.05) is 36.3 Å². The minimum atomic E-state index is 1.03. The Morgan fingerprint density at radius 1 is 0.947 bits per heavy atom. The van der Waals surface area contributed by atoms with E-state index < -0.39 is 0 Å². The maximum Gasteiger partial charge on any atom is 0.169 e. The van der Waals surface area contributed by atoms with Crippen molar-refractivity contribution in [2.24, 2.45) is 7.05 Å². The summed E-state index contributed by atoms with van der Waals surface area (Å²) < 4.78 is 2.03. The van der Waals surface area contributed by atoms with Crippen molar-refractivity contribution >= 4 is 23.1 Å². The molecule has 3 rings (SSSR count). The van der Waals surface area contributed by atoms with Crippen molar-refractivity contribution in [3.8, 4) is 0 Å². The van der Waals surface area contributed by atoms with Crippen LogP contribution in [-0.4, -0.2) is 4.98 Å². The van der Waals surface area contributed by atoms with Crippen LogP contribution >= 0.6 is 0 Å². The predicted octanol–water partition coefficient (Wildman–Crippen LogP) is 3.23. The minimum Gasteiger partial charge on any atom is -0.256 e. The molecule has 2 aromatic heterocycles. The van der Waals surface area contributed by atoms with Crippen LogP contribution in [0.25, 0.3) is 23.1 Å². The number of aromatic nitrogens is 2. The monoisotopic (exact) mass is 247 g/mol. The van der Waals surface area contributed by atoms with Crippen LogP contribution in [-0.2, 0) is 7.05 Å². The number of aryl methyl sites for hydroxylation is 1. The summed E-state index contributed by atoms with van der Waals surface area (Å²) in [6.07, 6.45) is 10.2. The van der Waals surface area contributed by atoms with Crippen LogP contribution < -0.4 is 4.57 Å². The first-order chi connectivity index (χ1) is 9.31. The zero-order valence-electron chi connectivity index (χ0n) is 10.8. The molecule has 3 aromatic rings. The summed E-state index contributed by atoms with van der Waals surface area (Å²) in [6.45, 7) is 0. The molecule has 0 saturated heterocycles. The van der Waals surface area contributed by atoms with Gasteiger partial charge in [-0.05, 0) is 29.3 Å². The van der Waals surface area contributed by atoms with Gasteiger partial charge in [-0.15, -0.1) is 0 Å². The second-order valence-corrected chi connectivity index (χ2v) is 4.59. The molecule has 19 heavy (non-hydrogen) atoms.